The Morgan fingerprint density at radius 1 is 1.43 bits per heavy atom. The summed E-state index contributed by atoms with van der Waals surface area (Å²) in [4.78, 5) is 11.2. The van der Waals surface area contributed by atoms with E-state index in [1.165, 1.54) is 11.3 Å². The number of aryl methyl sites for hydroxylation is 1. The molecule has 0 radical (unpaired) electrons. The van der Waals surface area contributed by atoms with Crippen LogP contribution in [0.1, 0.15) is 22.8 Å². The van der Waals surface area contributed by atoms with Gasteiger partial charge in [0.2, 0.25) is 0 Å². The number of hydrogen-bond donors (Lipinski definition) is 0. The maximum Gasteiger partial charge on any atom is 0.151 e. The van der Waals surface area contributed by atoms with Crippen LogP contribution in [0.5, 0.6) is 0 Å². The molecule has 3 nitrogen and oxygen atoms in total. The van der Waals surface area contributed by atoms with Crippen molar-refractivity contribution in [3.63, 3.8) is 0 Å². The van der Waals surface area contributed by atoms with Crippen molar-refractivity contribution >= 4 is 6.08 Å². The van der Waals surface area contributed by atoms with E-state index < -0.39 is 0 Å². The second-order valence-electron chi connectivity index (χ2n) is 3.78. The van der Waals surface area contributed by atoms with Gasteiger partial charge in [-0.1, -0.05) is 6.58 Å². The number of likely N-dealkylation sites (N-methyl/N-ethyl adjacent to an activating group) is 1. The smallest absolute Gasteiger partial charge is 0.151 e. The first-order valence-electron chi connectivity index (χ1n) is 4.88. The predicted molar refractivity (Wildman–Crippen MR) is 56.9 cm³/mol. The summed E-state index contributed by atoms with van der Waals surface area (Å²) < 4.78 is 0. The minimum Gasteiger partial charge on any atom is -0.302 e. The van der Waals surface area contributed by atoms with Crippen molar-refractivity contribution < 1.29 is 0 Å². The fourth-order valence-electron chi connectivity index (χ4n) is 1.83. The standard InChI is InChI=1S/C11H15N3/c1-4-11-12-8(2)9-7-14(3)6-5-10(9)13-11/h4H,1,5-7H2,2-3H3. The first-order chi connectivity index (χ1) is 6.70. The Kier molecular flexibility index (Phi) is 2.33. The van der Waals surface area contributed by atoms with Crippen molar-refractivity contribution in [1.82, 2.24) is 14.9 Å². The predicted octanol–water partition coefficient (Wildman–Crippen LogP) is 1.42. The minimum absolute atomic E-state index is 0.755. The molecule has 1 aromatic heterocycles. The second-order valence-corrected chi connectivity index (χ2v) is 3.78. The zero-order valence-corrected chi connectivity index (χ0v) is 8.75. The molecule has 0 aliphatic carbocycles. The molecule has 2 heterocycles. The lowest BCUT2D eigenvalue weighted by molar-refractivity contribution is 0.308. The lowest BCUT2D eigenvalue weighted by Gasteiger charge is -2.25. The Balaban J connectivity index is 2.48. The van der Waals surface area contributed by atoms with E-state index in [0.717, 1.165) is 31.0 Å². The van der Waals surface area contributed by atoms with Crippen molar-refractivity contribution in [2.45, 2.75) is 19.9 Å². The Morgan fingerprint density at radius 3 is 2.93 bits per heavy atom. The van der Waals surface area contributed by atoms with Gasteiger partial charge in [-0.15, -0.1) is 0 Å². The maximum atomic E-state index is 4.47. The van der Waals surface area contributed by atoms with Gasteiger partial charge in [-0.3, -0.25) is 0 Å². The van der Waals surface area contributed by atoms with Crippen LogP contribution in [0.25, 0.3) is 6.08 Å². The lowest BCUT2D eigenvalue weighted by Crippen LogP contribution is -2.28. The highest BCUT2D eigenvalue weighted by atomic mass is 15.1. The van der Waals surface area contributed by atoms with Crippen molar-refractivity contribution in [1.29, 1.82) is 0 Å². The Labute approximate surface area is 84.5 Å². The van der Waals surface area contributed by atoms with Gasteiger partial charge in [-0.25, -0.2) is 9.97 Å². The zero-order chi connectivity index (χ0) is 10.1. The van der Waals surface area contributed by atoms with Crippen molar-refractivity contribution in [3.05, 3.63) is 29.4 Å². The van der Waals surface area contributed by atoms with E-state index in [2.05, 4.69) is 28.5 Å². The first kappa shape index (κ1) is 9.34. The third-order valence-corrected chi connectivity index (χ3v) is 2.66. The Morgan fingerprint density at radius 2 is 2.21 bits per heavy atom. The van der Waals surface area contributed by atoms with Crippen LogP contribution in [0, 0.1) is 6.92 Å². The third kappa shape index (κ3) is 1.55. The number of aromatic nitrogens is 2. The second kappa shape index (κ2) is 3.50. The molecule has 0 saturated heterocycles. The summed E-state index contributed by atoms with van der Waals surface area (Å²) >= 11 is 0. The quantitative estimate of drug-likeness (QED) is 0.669. The number of hydrogen-bond acceptors (Lipinski definition) is 3. The highest BCUT2D eigenvalue weighted by molar-refractivity contribution is 5.39. The molecule has 0 N–H and O–H groups in total. The molecule has 0 spiro atoms. The molecule has 74 valence electrons. The van der Waals surface area contributed by atoms with E-state index in [-0.39, 0.29) is 0 Å². The number of rotatable bonds is 1. The molecule has 0 aromatic carbocycles. The van der Waals surface area contributed by atoms with Gasteiger partial charge in [-0.05, 0) is 20.0 Å². The average Bonchev–Trinajstić information content (AvgIpc) is 2.19. The van der Waals surface area contributed by atoms with Gasteiger partial charge in [0.25, 0.3) is 0 Å². The van der Waals surface area contributed by atoms with E-state index in [1.807, 2.05) is 6.92 Å². The number of nitrogens with zero attached hydrogens (tertiary/aromatic N) is 3. The molecule has 0 bridgehead atoms. The van der Waals surface area contributed by atoms with Gasteiger partial charge in [-0.2, -0.15) is 0 Å². The SMILES string of the molecule is C=Cc1nc(C)c2c(n1)CCN(C)C2. The summed E-state index contributed by atoms with van der Waals surface area (Å²) in [7, 11) is 2.13. The monoisotopic (exact) mass is 189 g/mol. The molecule has 1 aromatic rings. The van der Waals surface area contributed by atoms with Crippen LogP contribution >= 0.6 is 0 Å². The Hall–Kier alpha value is -1.22. The summed E-state index contributed by atoms with van der Waals surface area (Å²) in [6.07, 6.45) is 2.74. The molecule has 1 aliphatic rings. The van der Waals surface area contributed by atoms with Crippen molar-refractivity contribution in [3.8, 4) is 0 Å². The normalized spacial score (nSPS) is 16.4. The summed E-state index contributed by atoms with van der Waals surface area (Å²) in [6.45, 7) is 7.80. The van der Waals surface area contributed by atoms with Crippen LogP contribution in [0.15, 0.2) is 6.58 Å². The van der Waals surface area contributed by atoms with Crippen LogP contribution in [0.2, 0.25) is 0 Å². The highest BCUT2D eigenvalue weighted by Gasteiger charge is 2.17. The van der Waals surface area contributed by atoms with E-state index in [4.69, 9.17) is 0 Å². The molecule has 1 aliphatic heterocycles. The minimum atomic E-state index is 0.755. The average molecular weight is 189 g/mol. The van der Waals surface area contributed by atoms with Gasteiger partial charge in [0.1, 0.15) is 0 Å². The maximum absolute atomic E-state index is 4.47. The highest BCUT2D eigenvalue weighted by Crippen LogP contribution is 2.18. The fourth-order valence-corrected chi connectivity index (χ4v) is 1.83. The van der Waals surface area contributed by atoms with Crippen LogP contribution in [-0.2, 0) is 13.0 Å². The molecular formula is C11H15N3. The molecule has 3 heteroatoms. The fraction of sp³-hybridized carbons (Fsp3) is 0.455. The molecule has 14 heavy (non-hydrogen) atoms. The molecule has 0 atom stereocenters. The van der Waals surface area contributed by atoms with Crippen molar-refractivity contribution in [2.75, 3.05) is 13.6 Å². The molecule has 2 rings (SSSR count). The van der Waals surface area contributed by atoms with Crippen molar-refractivity contribution in [2.24, 2.45) is 0 Å². The topological polar surface area (TPSA) is 29.0 Å². The summed E-state index contributed by atoms with van der Waals surface area (Å²) in [5, 5.41) is 0. The summed E-state index contributed by atoms with van der Waals surface area (Å²) in [5.41, 5.74) is 3.59. The first-order valence-corrected chi connectivity index (χ1v) is 4.88. The molecule has 0 amide bonds. The third-order valence-electron chi connectivity index (χ3n) is 2.66. The van der Waals surface area contributed by atoms with E-state index in [9.17, 15) is 0 Å². The van der Waals surface area contributed by atoms with E-state index in [1.54, 1.807) is 6.08 Å². The lowest BCUT2D eigenvalue weighted by atomic mass is 10.0. The summed E-state index contributed by atoms with van der Waals surface area (Å²) in [5.74, 6) is 0.755. The zero-order valence-electron chi connectivity index (χ0n) is 8.75. The summed E-state index contributed by atoms with van der Waals surface area (Å²) in [6, 6.07) is 0. The van der Waals surface area contributed by atoms with Crippen LogP contribution in [0.4, 0.5) is 0 Å². The van der Waals surface area contributed by atoms with Crippen LogP contribution in [0.3, 0.4) is 0 Å². The van der Waals surface area contributed by atoms with Gasteiger partial charge < -0.3 is 4.90 Å². The number of fused-ring (bicyclic) bond motifs is 1. The van der Waals surface area contributed by atoms with Gasteiger partial charge >= 0.3 is 0 Å². The van der Waals surface area contributed by atoms with Gasteiger partial charge in [0, 0.05) is 30.8 Å². The largest absolute Gasteiger partial charge is 0.302 e. The van der Waals surface area contributed by atoms with Gasteiger partial charge in [0.15, 0.2) is 5.82 Å². The molecule has 0 saturated carbocycles. The van der Waals surface area contributed by atoms with Crippen LogP contribution in [-0.4, -0.2) is 28.5 Å². The Bertz CT molecular complexity index is 371. The van der Waals surface area contributed by atoms with E-state index in [0.29, 0.717) is 0 Å². The molecule has 0 fully saturated rings. The molecule has 0 unspecified atom stereocenters. The van der Waals surface area contributed by atoms with Crippen LogP contribution < -0.4 is 0 Å². The van der Waals surface area contributed by atoms with E-state index >= 15 is 0 Å². The van der Waals surface area contributed by atoms with Gasteiger partial charge in [0.05, 0.1) is 5.69 Å². The molecular weight excluding hydrogens is 174 g/mol.